The van der Waals surface area contributed by atoms with Crippen LogP contribution in [0.4, 0.5) is 0 Å². The summed E-state index contributed by atoms with van der Waals surface area (Å²) in [5, 5.41) is 21.7. The number of phenols is 1. The molecule has 188 valence electrons. The molecule has 0 bridgehead atoms. The van der Waals surface area contributed by atoms with Gasteiger partial charge in [0, 0.05) is 12.1 Å². The molecule has 1 aliphatic heterocycles. The van der Waals surface area contributed by atoms with Gasteiger partial charge in [0.2, 0.25) is 0 Å². The number of Topliss-reactive ketones (excluding diaryl/α,β-unsaturated/α-hetero) is 1. The summed E-state index contributed by atoms with van der Waals surface area (Å²) < 4.78 is 11.1. The third kappa shape index (κ3) is 4.99. The molecular weight excluding hydrogens is 446 g/mol. The minimum absolute atomic E-state index is 0.0298. The van der Waals surface area contributed by atoms with Crippen LogP contribution in [0.3, 0.4) is 0 Å². The van der Waals surface area contributed by atoms with E-state index >= 15 is 0 Å². The van der Waals surface area contributed by atoms with Gasteiger partial charge >= 0.3 is 0 Å². The molecule has 1 amide bonds. The maximum absolute atomic E-state index is 13.3. The molecule has 35 heavy (non-hydrogen) atoms. The second kappa shape index (κ2) is 10.8. The van der Waals surface area contributed by atoms with Gasteiger partial charge in [-0.1, -0.05) is 33.3 Å². The van der Waals surface area contributed by atoms with Crippen LogP contribution in [0.1, 0.15) is 74.8 Å². The van der Waals surface area contributed by atoms with Gasteiger partial charge in [0.15, 0.2) is 11.5 Å². The standard InChI is InChI=1S/C28H35NO6/c1-7-9-12-29-25(18-10-11-21(30)23(14-18)35-8-2)24(27(32)28(29)33)26(31)20-15-19(16(3)4)22(34-6)13-17(20)5/h10-11,13-16,25,30-31H,7-9,12H2,1-6H3/b26-24+. The van der Waals surface area contributed by atoms with Crippen molar-refractivity contribution in [3.05, 3.63) is 58.2 Å². The van der Waals surface area contributed by atoms with Crippen LogP contribution in [-0.2, 0) is 9.59 Å². The number of unbranched alkanes of at least 4 members (excludes halogenated alkanes) is 1. The molecule has 0 saturated carbocycles. The number of aryl methyl sites for hydroxylation is 1. The second-order valence-corrected chi connectivity index (χ2v) is 9.07. The zero-order chi connectivity index (χ0) is 25.9. The van der Waals surface area contributed by atoms with Gasteiger partial charge in [-0.15, -0.1) is 0 Å². The number of aliphatic hydroxyl groups excluding tert-OH is 1. The van der Waals surface area contributed by atoms with Crippen molar-refractivity contribution in [2.75, 3.05) is 20.3 Å². The lowest BCUT2D eigenvalue weighted by atomic mass is 9.91. The Kier molecular flexibility index (Phi) is 8.10. The molecule has 0 aromatic heterocycles. The van der Waals surface area contributed by atoms with Crippen LogP contribution in [0.2, 0.25) is 0 Å². The molecule has 1 unspecified atom stereocenters. The Balaban J connectivity index is 2.26. The summed E-state index contributed by atoms with van der Waals surface area (Å²) in [4.78, 5) is 27.9. The lowest BCUT2D eigenvalue weighted by Crippen LogP contribution is -2.30. The summed E-state index contributed by atoms with van der Waals surface area (Å²) >= 11 is 0. The molecule has 7 heteroatoms. The highest BCUT2D eigenvalue weighted by atomic mass is 16.5. The van der Waals surface area contributed by atoms with E-state index in [9.17, 15) is 19.8 Å². The summed E-state index contributed by atoms with van der Waals surface area (Å²) in [7, 11) is 1.60. The predicted molar refractivity (Wildman–Crippen MR) is 135 cm³/mol. The number of hydrogen-bond acceptors (Lipinski definition) is 6. The molecule has 0 spiro atoms. The first-order valence-corrected chi connectivity index (χ1v) is 12.1. The van der Waals surface area contributed by atoms with Crippen molar-refractivity contribution in [1.29, 1.82) is 0 Å². The molecule has 2 aromatic rings. The van der Waals surface area contributed by atoms with Crippen molar-refractivity contribution in [3.63, 3.8) is 0 Å². The zero-order valence-corrected chi connectivity index (χ0v) is 21.3. The number of aromatic hydroxyl groups is 1. The minimum atomic E-state index is -0.801. The Morgan fingerprint density at radius 2 is 1.83 bits per heavy atom. The first-order chi connectivity index (χ1) is 16.7. The summed E-state index contributed by atoms with van der Waals surface area (Å²) in [6.45, 7) is 10.4. The molecule has 1 aliphatic rings. The third-order valence-corrected chi connectivity index (χ3v) is 6.35. The number of methoxy groups -OCH3 is 1. The number of hydrogen-bond donors (Lipinski definition) is 2. The Bertz CT molecular complexity index is 1150. The molecule has 7 nitrogen and oxygen atoms in total. The fraction of sp³-hybridized carbons (Fsp3) is 0.429. The van der Waals surface area contributed by atoms with E-state index in [4.69, 9.17) is 9.47 Å². The number of phenolic OH excluding ortho intramolecular Hbond substituents is 1. The van der Waals surface area contributed by atoms with E-state index in [1.54, 1.807) is 26.2 Å². The van der Waals surface area contributed by atoms with E-state index < -0.39 is 17.7 Å². The number of aliphatic hydroxyl groups is 1. The van der Waals surface area contributed by atoms with E-state index in [0.717, 1.165) is 17.5 Å². The summed E-state index contributed by atoms with van der Waals surface area (Å²) in [6, 6.07) is 7.62. The first kappa shape index (κ1) is 26.1. The van der Waals surface area contributed by atoms with Crippen molar-refractivity contribution in [3.8, 4) is 17.2 Å². The number of carbonyl (C=O) groups is 2. The van der Waals surface area contributed by atoms with Crippen molar-refractivity contribution >= 4 is 17.4 Å². The Hall–Kier alpha value is -3.48. The zero-order valence-electron chi connectivity index (χ0n) is 21.3. The lowest BCUT2D eigenvalue weighted by molar-refractivity contribution is -0.139. The maximum Gasteiger partial charge on any atom is 0.295 e. The number of amides is 1. The van der Waals surface area contributed by atoms with E-state index in [0.29, 0.717) is 36.4 Å². The van der Waals surface area contributed by atoms with E-state index in [1.165, 1.54) is 11.0 Å². The lowest BCUT2D eigenvalue weighted by Gasteiger charge is -2.26. The van der Waals surface area contributed by atoms with Gasteiger partial charge in [-0.2, -0.15) is 0 Å². The average molecular weight is 482 g/mol. The topological polar surface area (TPSA) is 96.3 Å². The Labute approximate surface area is 207 Å². The smallest absolute Gasteiger partial charge is 0.295 e. The average Bonchev–Trinajstić information content (AvgIpc) is 3.08. The molecule has 1 saturated heterocycles. The van der Waals surface area contributed by atoms with Gasteiger partial charge in [0.25, 0.3) is 11.7 Å². The van der Waals surface area contributed by atoms with Gasteiger partial charge in [0.1, 0.15) is 11.5 Å². The highest BCUT2D eigenvalue weighted by Gasteiger charge is 2.46. The van der Waals surface area contributed by atoms with E-state index in [1.807, 2.05) is 39.8 Å². The van der Waals surface area contributed by atoms with E-state index in [2.05, 4.69) is 0 Å². The van der Waals surface area contributed by atoms with Gasteiger partial charge in [-0.3, -0.25) is 9.59 Å². The highest BCUT2D eigenvalue weighted by Crippen LogP contribution is 2.43. The molecule has 2 aromatic carbocycles. The predicted octanol–water partition coefficient (Wildman–Crippen LogP) is 5.45. The van der Waals surface area contributed by atoms with Crippen LogP contribution in [0.25, 0.3) is 5.76 Å². The highest BCUT2D eigenvalue weighted by molar-refractivity contribution is 6.46. The van der Waals surface area contributed by atoms with Crippen LogP contribution in [0, 0.1) is 6.92 Å². The van der Waals surface area contributed by atoms with Crippen LogP contribution < -0.4 is 9.47 Å². The van der Waals surface area contributed by atoms with Gasteiger partial charge < -0.3 is 24.6 Å². The maximum atomic E-state index is 13.3. The first-order valence-electron chi connectivity index (χ1n) is 12.1. The van der Waals surface area contributed by atoms with Crippen molar-refractivity contribution < 1.29 is 29.3 Å². The van der Waals surface area contributed by atoms with Crippen LogP contribution >= 0.6 is 0 Å². The van der Waals surface area contributed by atoms with Crippen molar-refractivity contribution in [1.82, 2.24) is 4.90 Å². The SMILES string of the molecule is CCCCN1C(=O)C(=O)/C(=C(/O)c2cc(C(C)C)c(OC)cc2C)C1c1ccc(O)c(OCC)c1. The van der Waals surface area contributed by atoms with Crippen LogP contribution in [0.5, 0.6) is 17.2 Å². The fourth-order valence-electron chi connectivity index (χ4n) is 4.48. The third-order valence-electron chi connectivity index (χ3n) is 6.35. The number of ketones is 1. The normalized spacial score (nSPS) is 17.3. The molecule has 3 rings (SSSR count). The summed E-state index contributed by atoms with van der Waals surface area (Å²) in [5.74, 6) is -0.551. The number of ether oxygens (including phenoxy) is 2. The van der Waals surface area contributed by atoms with Crippen LogP contribution in [0.15, 0.2) is 35.9 Å². The number of carbonyl (C=O) groups excluding carboxylic acids is 2. The summed E-state index contributed by atoms with van der Waals surface area (Å²) in [5.41, 5.74) is 2.71. The largest absolute Gasteiger partial charge is 0.507 e. The fourth-order valence-corrected chi connectivity index (χ4v) is 4.48. The van der Waals surface area contributed by atoms with Gasteiger partial charge in [0.05, 0.1) is 25.3 Å². The van der Waals surface area contributed by atoms with Gasteiger partial charge in [-0.05, 0) is 67.1 Å². The molecule has 1 atom stereocenters. The van der Waals surface area contributed by atoms with E-state index in [-0.39, 0.29) is 28.7 Å². The number of rotatable bonds is 9. The minimum Gasteiger partial charge on any atom is -0.507 e. The second-order valence-electron chi connectivity index (χ2n) is 9.07. The molecule has 1 fully saturated rings. The quantitative estimate of drug-likeness (QED) is 0.281. The molecular formula is C28H35NO6. The van der Waals surface area contributed by atoms with Crippen LogP contribution in [-0.4, -0.2) is 47.1 Å². The number of benzene rings is 2. The number of likely N-dealkylation sites (tertiary alicyclic amines) is 1. The van der Waals surface area contributed by atoms with Crippen molar-refractivity contribution in [2.45, 2.75) is 59.4 Å². The monoisotopic (exact) mass is 481 g/mol. The number of nitrogens with zero attached hydrogens (tertiary/aromatic N) is 1. The Morgan fingerprint density at radius 3 is 2.43 bits per heavy atom. The van der Waals surface area contributed by atoms with Crippen molar-refractivity contribution in [2.24, 2.45) is 0 Å². The summed E-state index contributed by atoms with van der Waals surface area (Å²) in [6.07, 6.45) is 1.55. The molecule has 0 radical (unpaired) electrons. The van der Waals surface area contributed by atoms with Gasteiger partial charge in [-0.25, -0.2) is 0 Å². The molecule has 1 heterocycles. The molecule has 2 N–H and O–H groups in total. The Morgan fingerprint density at radius 1 is 1.11 bits per heavy atom. The molecule has 0 aliphatic carbocycles.